The van der Waals surface area contributed by atoms with E-state index in [0.29, 0.717) is 16.5 Å². The van der Waals surface area contributed by atoms with Gasteiger partial charge in [-0.1, -0.05) is 6.07 Å². The fraction of sp³-hybridized carbons (Fsp3) is 0.200. The van der Waals surface area contributed by atoms with Crippen molar-refractivity contribution in [2.75, 3.05) is 13.9 Å². The summed E-state index contributed by atoms with van der Waals surface area (Å²) in [5, 5.41) is 0.804. The van der Waals surface area contributed by atoms with Crippen LogP contribution in [0.15, 0.2) is 27.8 Å². The molecule has 0 spiro atoms. The Morgan fingerprint density at radius 3 is 2.71 bits per heavy atom. The van der Waals surface area contributed by atoms with Crippen molar-refractivity contribution in [3.05, 3.63) is 38.6 Å². The SMILES string of the molecule is COCOc1cccc2c(=O)c(=O)c12. The van der Waals surface area contributed by atoms with Gasteiger partial charge in [0.2, 0.25) is 10.9 Å². The maximum absolute atomic E-state index is 11.2. The van der Waals surface area contributed by atoms with Gasteiger partial charge < -0.3 is 9.47 Å². The number of fused-ring (bicyclic) bond motifs is 1. The molecule has 2 aromatic carbocycles. The van der Waals surface area contributed by atoms with Crippen LogP contribution in [0.3, 0.4) is 0 Å². The van der Waals surface area contributed by atoms with Gasteiger partial charge in [0, 0.05) is 12.5 Å². The Morgan fingerprint density at radius 2 is 2.00 bits per heavy atom. The van der Waals surface area contributed by atoms with Crippen LogP contribution >= 0.6 is 0 Å². The summed E-state index contributed by atoms with van der Waals surface area (Å²) >= 11 is 0. The first-order chi connectivity index (χ1) is 6.75. The molecule has 0 aliphatic rings. The summed E-state index contributed by atoms with van der Waals surface area (Å²) in [6.07, 6.45) is 0. The maximum atomic E-state index is 11.2. The highest BCUT2D eigenvalue weighted by Gasteiger charge is 2.16. The molecular weight excluding hydrogens is 184 g/mol. The predicted molar refractivity (Wildman–Crippen MR) is 51.4 cm³/mol. The number of benzene rings is 1. The maximum Gasteiger partial charge on any atom is 0.238 e. The van der Waals surface area contributed by atoms with Crippen LogP contribution in [0.25, 0.3) is 10.8 Å². The summed E-state index contributed by atoms with van der Waals surface area (Å²) in [5.41, 5.74) is -0.922. The van der Waals surface area contributed by atoms with Crippen LogP contribution in [0.4, 0.5) is 0 Å². The van der Waals surface area contributed by atoms with Gasteiger partial charge in [-0.15, -0.1) is 0 Å². The predicted octanol–water partition coefficient (Wildman–Crippen LogP) is 0.418. The standard InChI is InChI=1S/C10H8O4/c1-13-5-14-7-4-2-3-6-8(7)10(12)9(6)11/h2-4H,5H2,1H3. The van der Waals surface area contributed by atoms with E-state index >= 15 is 0 Å². The minimum atomic E-state index is -0.480. The summed E-state index contributed by atoms with van der Waals surface area (Å²) in [5.74, 6) is 0.411. The molecular formula is C10H8O4. The average molecular weight is 192 g/mol. The second-order valence-electron chi connectivity index (χ2n) is 2.89. The van der Waals surface area contributed by atoms with Crippen molar-refractivity contribution in [1.82, 2.24) is 0 Å². The fourth-order valence-electron chi connectivity index (χ4n) is 1.37. The van der Waals surface area contributed by atoms with Crippen molar-refractivity contribution in [3.8, 4) is 5.75 Å². The van der Waals surface area contributed by atoms with Gasteiger partial charge in [0.25, 0.3) is 0 Å². The third-order valence-electron chi connectivity index (χ3n) is 2.04. The van der Waals surface area contributed by atoms with Crippen molar-refractivity contribution >= 4 is 10.8 Å². The van der Waals surface area contributed by atoms with Crippen molar-refractivity contribution < 1.29 is 9.47 Å². The average Bonchev–Trinajstić information content (AvgIpc) is 2.24. The lowest BCUT2D eigenvalue weighted by Crippen LogP contribution is -2.30. The van der Waals surface area contributed by atoms with Gasteiger partial charge in [-0.05, 0) is 12.1 Å². The van der Waals surface area contributed by atoms with Crippen LogP contribution < -0.4 is 15.6 Å². The lowest BCUT2D eigenvalue weighted by molar-refractivity contribution is 0.0522. The van der Waals surface area contributed by atoms with Gasteiger partial charge >= 0.3 is 0 Å². The van der Waals surface area contributed by atoms with E-state index in [1.807, 2.05) is 0 Å². The molecule has 0 saturated carbocycles. The minimum Gasteiger partial charge on any atom is -0.467 e. The molecule has 72 valence electrons. The van der Waals surface area contributed by atoms with Gasteiger partial charge in [-0.25, -0.2) is 0 Å². The smallest absolute Gasteiger partial charge is 0.238 e. The zero-order valence-corrected chi connectivity index (χ0v) is 7.57. The molecule has 0 aliphatic heterocycles. The molecule has 0 atom stereocenters. The molecule has 4 heteroatoms. The molecule has 0 unspecified atom stereocenters. The normalized spacial score (nSPS) is 10.9. The molecule has 0 aromatic heterocycles. The van der Waals surface area contributed by atoms with Crippen LogP contribution in [0.5, 0.6) is 5.75 Å². The van der Waals surface area contributed by atoms with Crippen LogP contribution in [0, 0.1) is 0 Å². The lowest BCUT2D eigenvalue weighted by atomic mass is 10.0. The fourth-order valence-corrected chi connectivity index (χ4v) is 1.37. The van der Waals surface area contributed by atoms with Crippen molar-refractivity contribution in [1.29, 1.82) is 0 Å². The summed E-state index contributed by atoms with van der Waals surface area (Å²) in [6.45, 7) is 0.0674. The Balaban J connectivity index is 2.51. The Morgan fingerprint density at radius 1 is 1.21 bits per heavy atom. The van der Waals surface area contributed by atoms with Crippen molar-refractivity contribution in [3.63, 3.8) is 0 Å². The monoisotopic (exact) mass is 192 g/mol. The van der Waals surface area contributed by atoms with Crippen LogP contribution in [0.1, 0.15) is 0 Å². The molecule has 2 rings (SSSR count). The van der Waals surface area contributed by atoms with Gasteiger partial charge in [0.15, 0.2) is 6.79 Å². The summed E-state index contributed by atoms with van der Waals surface area (Å²) in [6, 6.07) is 4.93. The second kappa shape index (κ2) is 3.23. The molecule has 2 aromatic rings. The number of hydrogen-bond acceptors (Lipinski definition) is 4. The lowest BCUT2D eigenvalue weighted by Gasteiger charge is -2.08. The van der Waals surface area contributed by atoms with Crippen molar-refractivity contribution in [2.45, 2.75) is 0 Å². The quantitative estimate of drug-likeness (QED) is 0.522. The molecule has 4 nitrogen and oxygen atoms in total. The van der Waals surface area contributed by atoms with E-state index in [4.69, 9.17) is 9.47 Å². The molecule has 0 fully saturated rings. The molecule has 0 aliphatic carbocycles. The summed E-state index contributed by atoms with van der Waals surface area (Å²) in [4.78, 5) is 22.2. The number of hydrogen-bond donors (Lipinski definition) is 0. The van der Waals surface area contributed by atoms with E-state index in [9.17, 15) is 9.59 Å². The highest BCUT2D eigenvalue weighted by molar-refractivity contribution is 5.92. The summed E-state index contributed by atoms with van der Waals surface area (Å²) < 4.78 is 9.85. The second-order valence-corrected chi connectivity index (χ2v) is 2.89. The van der Waals surface area contributed by atoms with Crippen molar-refractivity contribution in [2.24, 2.45) is 0 Å². The molecule has 0 N–H and O–H groups in total. The molecule has 14 heavy (non-hydrogen) atoms. The van der Waals surface area contributed by atoms with Crippen LogP contribution in [-0.4, -0.2) is 13.9 Å². The zero-order valence-electron chi connectivity index (χ0n) is 7.57. The Labute approximate surface area is 79.4 Å². The molecule has 0 radical (unpaired) electrons. The Kier molecular flexibility index (Phi) is 2.05. The first-order valence-electron chi connectivity index (χ1n) is 4.09. The molecule has 0 bridgehead atoms. The third kappa shape index (κ3) is 1.12. The highest BCUT2D eigenvalue weighted by Crippen LogP contribution is 2.21. The minimum absolute atomic E-state index is 0.0674. The van der Waals surface area contributed by atoms with Gasteiger partial charge in [-0.2, -0.15) is 0 Å². The molecule has 0 saturated heterocycles. The largest absolute Gasteiger partial charge is 0.467 e. The topological polar surface area (TPSA) is 52.6 Å². The van der Waals surface area contributed by atoms with E-state index in [1.165, 1.54) is 7.11 Å². The van der Waals surface area contributed by atoms with Gasteiger partial charge in [-0.3, -0.25) is 9.59 Å². The Bertz CT molecular complexity index is 534. The van der Waals surface area contributed by atoms with Crippen LogP contribution in [-0.2, 0) is 4.74 Å². The number of methoxy groups -OCH3 is 1. The van der Waals surface area contributed by atoms with E-state index in [1.54, 1.807) is 18.2 Å². The van der Waals surface area contributed by atoms with E-state index in [-0.39, 0.29) is 6.79 Å². The van der Waals surface area contributed by atoms with Gasteiger partial charge in [0.05, 0.1) is 5.39 Å². The highest BCUT2D eigenvalue weighted by atomic mass is 16.7. The molecule has 0 amide bonds. The first kappa shape index (κ1) is 8.90. The number of rotatable bonds is 3. The van der Waals surface area contributed by atoms with Gasteiger partial charge in [0.1, 0.15) is 5.75 Å². The summed E-state index contributed by atoms with van der Waals surface area (Å²) in [7, 11) is 1.49. The first-order valence-corrected chi connectivity index (χ1v) is 4.09. The Hall–Kier alpha value is -1.68. The number of ether oxygens (including phenoxy) is 2. The van der Waals surface area contributed by atoms with Crippen LogP contribution in [0.2, 0.25) is 0 Å². The van der Waals surface area contributed by atoms with E-state index < -0.39 is 10.9 Å². The molecule has 0 heterocycles. The van der Waals surface area contributed by atoms with E-state index in [0.717, 1.165) is 0 Å². The third-order valence-corrected chi connectivity index (χ3v) is 2.04. The zero-order chi connectivity index (χ0) is 10.1. The van der Waals surface area contributed by atoms with E-state index in [2.05, 4.69) is 0 Å².